The van der Waals surface area contributed by atoms with E-state index in [4.69, 9.17) is 23.2 Å². The second-order valence-electron chi connectivity index (χ2n) is 6.38. The van der Waals surface area contributed by atoms with Crippen LogP contribution in [0, 0.1) is 6.92 Å². The summed E-state index contributed by atoms with van der Waals surface area (Å²) in [6.45, 7) is 5.90. The molecular weight excluding hydrogens is 391 g/mol. The highest BCUT2D eigenvalue weighted by molar-refractivity contribution is 6.35. The lowest BCUT2D eigenvalue weighted by atomic mass is 10.1. The lowest BCUT2D eigenvalue weighted by Crippen LogP contribution is -2.24. The van der Waals surface area contributed by atoms with Crippen LogP contribution in [0.3, 0.4) is 0 Å². The molecule has 1 atom stereocenters. The molecule has 1 aromatic heterocycles. The maximum Gasteiger partial charge on any atom is 0.0636 e. The summed E-state index contributed by atoms with van der Waals surface area (Å²) in [7, 11) is 0. The van der Waals surface area contributed by atoms with Gasteiger partial charge < -0.3 is 15.0 Å². The van der Waals surface area contributed by atoms with E-state index in [1.807, 2.05) is 12.1 Å². The van der Waals surface area contributed by atoms with Gasteiger partial charge in [-0.2, -0.15) is 0 Å². The standard InChI is InChI=1S/C20H22Cl2N2O.ClH/c1-13(25)10-23-11-18-14(2)24(20-6-4-3-5-17(18)20)12-15-7-8-16(21)9-19(15)22;/h3-9,13,23,25H,10-12H2,1-2H3;1H. The topological polar surface area (TPSA) is 37.2 Å². The van der Waals surface area contributed by atoms with Crippen molar-refractivity contribution in [2.24, 2.45) is 0 Å². The Morgan fingerprint density at radius 3 is 2.58 bits per heavy atom. The first-order valence-electron chi connectivity index (χ1n) is 8.36. The van der Waals surface area contributed by atoms with E-state index in [0.717, 1.165) is 12.1 Å². The predicted octanol–water partition coefficient (Wildman–Crippen LogP) is 5.20. The van der Waals surface area contributed by atoms with Crippen LogP contribution < -0.4 is 5.32 Å². The van der Waals surface area contributed by atoms with Crippen LogP contribution >= 0.6 is 35.6 Å². The number of fused-ring (bicyclic) bond motifs is 1. The Labute approximate surface area is 170 Å². The first-order chi connectivity index (χ1) is 12.0. The third kappa shape index (κ3) is 4.54. The van der Waals surface area contributed by atoms with Crippen LogP contribution in [-0.4, -0.2) is 22.3 Å². The molecule has 3 rings (SSSR count). The zero-order valence-electron chi connectivity index (χ0n) is 14.8. The van der Waals surface area contributed by atoms with E-state index in [0.29, 0.717) is 23.1 Å². The molecule has 2 N–H and O–H groups in total. The third-order valence-electron chi connectivity index (χ3n) is 4.45. The monoisotopic (exact) mass is 412 g/mol. The van der Waals surface area contributed by atoms with Crippen LogP contribution in [0.4, 0.5) is 0 Å². The molecule has 140 valence electrons. The van der Waals surface area contributed by atoms with E-state index in [9.17, 15) is 5.11 Å². The van der Waals surface area contributed by atoms with Gasteiger partial charge in [0.2, 0.25) is 0 Å². The lowest BCUT2D eigenvalue weighted by molar-refractivity contribution is 0.191. The van der Waals surface area contributed by atoms with E-state index >= 15 is 0 Å². The van der Waals surface area contributed by atoms with Gasteiger partial charge in [0.1, 0.15) is 0 Å². The number of halogens is 3. The molecule has 0 fully saturated rings. The average Bonchev–Trinajstić information content (AvgIpc) is 2.83. The number of nitrogens with zero attached hydrogens (tertiary/aromatic N) is 1. The van der Waals surface area contributed by atoms with Crippen LogP contribution in [0.25, 0.3) is 10.9 Å². The van der Waals surface area contributed by atoms with Crippen molar-refractivity contribution in [2.45, 2.75) is 33.0 Å². The molecule has 0 aliphatic carbocycles. The molecule has 2 aromatic carbocycles. The summed E-state index contributed by atoms with van der Waals surface area (Å²) < 4.78 is 2.28. The molecule has 6 heteroatoms. The van der Waals surface area contributed by atoms with Crippen LogP contribution in [0.1, 0.15) is 23.7 Å². The Bertz CT molecular complexity index is 890. The van der Waals surface area contributed by atoms with Crippen LogP contribution in [0.2, 0.25) is 10.0 Å². The smallest absolute Gasteiger partial charge is 0.0636 e. The van der Waals surface area contributed by atoms with Gasteiger partial charge in [0, 0.05) is 46.3 Å². The minimum absolute atomic E-state index is 0. The number of aromatic nitrogens is 1. The Morgan fingerprint density at radius 2 is 1.88 bits per heavy atom. The molecule has 0 saturated carbocycles. The van der Waals surface area contributed by atoms with Crippen molar-refractivity contribution in [2.75, 3.05) is 6.54 Å². The first-order valence-corrected chi connectivity index (χ1v) is 9.12. The third-order valence-corrected chi connectivity index (χ3v) is 5.03. The van der Waals surface area contributed by atoms with Crippen LogP contribution in [0.15, 0.2) is 42.5 Å². The van der Waals surface area contributed by atoms with Gasteiger partial charge in [0.15, 0.2) is 0 Å². The zero-order chi connectivity index (χ0) is 18.0. The summed E-state index contributed by atoms with van der Waals surface area (Å²) in [4.78, 5) is 0. The number of nitrogens with one attached hydrogen (secondary N) is 1. The number of benzene rings is 2. The minimum atomic E-state index is -0.360. The van der Waals surface area contributed by atoms with E-state index < -0.39 is 0 Å². The molecule has 0 aliphatic rings. The summed E-state index contributed by atoms with van der Waals surface area (Å²) in [5.74, 6) is 0. The molecule has 0 spiro atoms. The molecule has 0 saturated heterocycles. The van der Waals surface area contributed by atoms with Gasteiger partial charge >= 0.3 is 0 Å². The van der Waals surface area contributed by atoms with Gasteiger partial charge in [-0.1, -0.05) is 47.5 Å². The number of aliphatic hydroxyl groups excluding tert-OH is 1. The molecular formula is C20H23Cl3N2O. The molecule has 3 aromatic rings. The molecule has 26 heavy (non-hydrogen) atoms. The maximum absolute atomic E-state index is 9.47. The van der Waals surface area contributed by atoms with Gasteiger partial charge in [0.05, 0.1) is 6.10 Å². The Balaban J connectivity index is 0.00000243. The maximum atomic E-state index is 9.47. The molecule has 3 nitrogen and oxygen atoms in total. The normalized spacial score (nSPS) is 12.2. The second-order valence-corrected chi connectivity index (χ2v) is 7.23. The van der Waals surface area contributed by atoms with Crippen molar-refractivity contribution in [3.05, 3.63) is 69.3 Å². The molecule has 0 radical (unpaired) electrons. The van der Waals surface area contributed by atoms with Gasteiger partial charge in [-0.05, 0) is 43.2 Å². The minimum Gasteiger partial charge on any atom is -0.392 e. The van der Waals surface area contributed by atoms with Crippen LogP contribution in [0.5, 0.6) is 0 Å². The summed E-state index contributed by atoms with van der Waals surface area (Å²) in [5, 5.41) is 15.3. The van der Waals surface area contributed by atoms with Crippen molar-refractivity contribution >= 4 is 46.5 Å². The second kappa shape index (κ2) is 9.12. The van der Waals surface area contributed by atoms with Crippen molar-refractivity contribution in [3.8, 4) is 0 Å². The Kier molecular flexibility index (Phi) is 7.39. The number of para-hydroxylation sites is 1. The highest BCUT2D eigenvalue weighted by Gasteiger charge is 2.15. The predicted molar refractivity (Wildman–Crippen MR) is 113 cm³/mol. The van der Waals surface area contributed by atoms with Gasteiger partial charge in [0.25, 0.3) is 0 Å². The SMILES string of the molecule is Cc1c(CNCC(C)O)c2ccccc2n1Cc1ccc(Cl)cc1Cl.Cl. The van der Waals surface area contributed by atoms with E-state index in [2.05, 4.69) is 41.1 Å². The van der Waals surface area contributed by atoms with Crippen molar-refractivity contribution < 1.29 is 5.11 Å². The zero-order valence-corrected chi connectivity index (χ0v) is 17.1. The highest BCUT2D eigenvalue weighted by Crippen LogP contribution is 2.29. The molecule has 1 heterocycles. The fraction of sp³-hybridized carbons (Fsp3) is 0.300. The summed E-state index contributed by atoms with van der Waals surface area (Å²) >= 11 is 12.4. The lowest BCUT2D eigenvalue weighted by Gasteiger charge is -2.11. The van der Waals surface area contributed by atoms with E-state index in [-0.39, 0.29) is 18.5 Å². The summed E-state index contributed by atoms with van der Waals surface area (Å²) in [6, 6.07) is 14.0. The summed E-state index contributed by atoms with van der Waals surface area (Å²) in [6.07, 6.45) is -0.360. The van der Waals surface area contributed by atoms with E-state index in [1.54, 1.807) is 13.0 Å². The fourth-order valence-electron chi connectivity index (χ4n) is 3.16. The molecule has 1 unspecified atom stereocenters. The number of aliphatic hydroxyl groups is 1. The molecule has 0 amide bonds. The van der Waals surface area contributed by atoms with Crippen LogP contribution in [-0.2, 0) is 13.1 Å². The average molecular weight is 414 g/mol. The number of rotatable bonds is 6. The Hall–Kier alpha value is -1.23. The number of hydrogen-bond donors (Lipinski definition) is 2. The van der Waals surface area contributed by atoms with Crippen molar-refractivity contribution in [1.82, 2.24) is 9.88 Å². The van der Waals surface area contributed by atoms with Gasteiger partial charge in [-0.15, -0.1) is 12.4 Å². The molecule has 0 aliphatic heterocycles. The summed E-state index contributed by atoms with van der Waals surface area (Å²) in [5.41, 5.74) is 4.67. The number of hydrogen-bond acceptors (Lipinski definition) is 2. The largest absolute Gasteiger partial charge is 0.392 e. The van der Waals surface area contributed by atoms with Crippen molar-refractivity contribution in [3.63, 3.8) is 0 Å². The highest BCUT2D eigenvalue weighted by atomic mass is 35.5. The van der Waals surface area contributed by atoms with Crippen molar-refractivity contribution in [1.29, 1.82) is 0 Å². The van der Waals surface area contributed by atoms with Gasteiger partial charge in [-0.25, -0.2) is 0 Å². The quantitative estimate of drug-likeness (QED) is 0.583. The molecule has 0 bridgehead atoms. The first kappa shape index (κ1) is 21.1. The van der Waals surface area contributed by atoms with E-state index in [1.165, 1.54) is 22.2 Å². The fourth-order valence-corrected chi connectivity index (χ4v) is 3.62. The van der Waals surface area contributed by atoms with Gasteiger partial charge in [-0.3, -0.25) is 0 Å². The Morgan fingerprint density at radius 1 is 1.15 bits per heavy atom.